The van der Waals surface area contributed by atoms with Crippen LogP contribution in [-0.2, 0) is 28.6 Å². The van der Waals surface area contributed by atoms with Crippen LogP contribution in [0.25, 0.3) is 0 Å². The summed E-state index contributed by atoms with van der Waals surface area (Å²) in [5, 5.41) is 0. The highest BCUT2D eigenvalue weighted by atomic mass is 16.6. The monoisotopic (exact) mass is 821 g/mol. The number of hydrogen-bond acceptors (Lipinski definition) is 6. The van der Waals surface area contributed by atoms with Crippen molar-refractivity contribution in [3.8, 4) is 0 Å². The molecule has 0 amide bonds. The second-order valence-corrected chi connectivity index (χ2v) is 15.6. The SMILES string of the molecule is CC/C=C\C/C=C\C/C=C\C/C=C\CCCCCCCCCCCCC(=O)OCC(COC(=O)CCCCCCC)OC(=O)CCCCC/C=C\C/C=C\C/C=C\CC. The Labute approximate surface area is 363 Å². The molecule has 0 saturated carbocycles. The normalized spacial score (nSPS) is 12.8. The minimum absolute atomic E-state index is 0.0910. The lowest BCUT2D eigenvalue weighted by Gasteiger charge is -2.18. The molecule has 0 rings (SSSR count). The van der Waals surface area contributed by atoms with E-state index in [1.807, 2.05) is 0 Å². The summed E-state index contributed by atoms with van der Waals surface area (Å²) in [6, 6.07) is 0. The van der Waals surface area contributed by atoms with Crippen LogP contribution in [0.3, 0.4) is 0 Å². The summed E-state index contributed by atoms with van der Waals surface area (Å²) in [5.41, 5.74) is 0. The molecule has 0 radical (unpaired) electrons. The third kappa shape index (κ3) is 45.5. The molecule has 59 heavy (non-hydrogen) atoms. The van der Waals surface area contributed by atoms with Gasteiger partial charge in [-0.15, -0.1) is 0 Å². The van der Waals surface area contributed by atoms with Gasteiger partial charge in [0, 0.05) is 19.3 Å². The van der Waals surface area contributed by atoms with Gasteiger partial charge >= 0.3 is 17.9 Å². The average molecular weight is 821 g/mol. The van der Waals surface area contributed by atoms with E-state index < -0.39 is 6.10 Å². The Morgan fingerprint density at radius 1 is 0.356 bits per heavy atom. The molecule has 0 aliphatic carbocycles. The molecular formula is C53H88O6. The van der Waals surface area contributed by atoms with Crippen LogP contribution in [0, 0.1) is 0 Å². The van der Waals surface area contributed by atoms with Crippen LogP contribution in [0.2, 0.25) is 0 Å². The Hall–Kier alpha value is -3.41. The zero-order valence-corrected chi connectivity index (χ0v) is 38.2. The summed E-state index contributed by atoms with van der Waals surface area (Å²) >= 11 is 0. The molecule has 0 aromatic heterocycles. The first kappa shape index (κ1) is 55.6. The lowest BCUT2D eigenvalue weighted by atomic mass is 10.1. The number of rotatable bonds is 42. The molecule has 336 valence electrons. The molecule has 0 spiro atoms. The zero-order valence-electron chi connectivity index (χ0n) is 38.2. The van der Waals surface area contributed by atoms with Gasteiger partial charge in [-0.05, 0) is 89.9 Å². The molecule has 0 heterocycles. The Morgan fingerprint density at radius 3 is 1.05 bits per heavy atom. The highest BCUT2D eigenvalue weighted by Gasteiger charge is 2.19. The number of allylic oxidation sites excluding steroid dienone is 14. The van der Waals surface area contributed by atoms with Crippen molar-refractivity contribution in [3.05, 3.63) is 85.1 Å². The van der Waals surface area contributed by atoms with Crippen molar-refractivity contribution in [2.75, 3.05) is 13.2 Å². The maximum Gasteiger partial charge on any atom is 0.306 e. The first-order valence-electron chi connectivity index (χ1n) is 24.1. The van der Waals surface area contributed by atoms with E-state index in [0.29, 0.717) is 19.3 Å². The molecule has 0 aliphatic heterocycles. The number of unbranched alkanes of at least 4 members (excludes halogenated alkanes) is 17. The van der Waals surface area contributed by atoms with E-state index in [1.54, 1.807) is 0 Å². The number of ether oxygens (including phenoxy) is 3. The first-order valence-corrected chi connectivity index (χ1v) is 24.1. The van der Waals surface area contributed by atoms with Gasteiger partial charge in [0.05, 0.1) is 0 Å². The second kappa shape index (κ2) is 47.3. The minimum atomic E-state index is -0.788. The fraction of sp³-hybridized carbons (Fsp3) is 0.679. The van der Waals surface area contributed by atoms with Crippen LogP contribution >= 0.6 is 0 Å². The van der Waals surface area contributed by atoms with Crippen molar-refractivity contribution in [1.29, 1.82) is 0 Å². The molecule has 0 aliphatic rings. The lowest BCUT2D eigenvalue weighted by molar-refractivity contribution is -0.167. The molecule has 1 atom stereocenters. The van der Waals surface area contributed by atoms with E-state index in [0.717, 1.165) is 116 Å². The van der Waals surface area contributed by atoms with Crippen molar-refractivity contribution in [1.82, 2.24) is 0 Å². The molecular weight excluding hydrogens is 733 g/mol. The quantitative estimate of drug-likeness (QED) is 0.0264. The van der Waals surface area contributed by atoms with Crippen LogP contribution < -0.4 is 0 Å². The Morgan fingerprint density at radius 2 is 0.661 bits per heavy atom. The fourth-order valence-corrected chi connectivity index (χ4v) is 6.33. The van der Waals surface area contributed by atoms with Gasteiger partial charge < -0.3 is 14.2 Å². The number of carbonyl (C=O) groups is 3. The predicted molar refractivity (Wildman–Crippen MR) is 251 cm³/mol. The Bertz CT molecular complexity index is 1170. The number of carbonyl (C=O) groups excluding carboxylic acids is 3. The van der Waals surface area contributed by atoms with E-state index in [4.69, 9.17) is 14.2 Å². The molecule has 1 unspecified atom stereocenters. The fourth-order valence-electron chi connectivity index (χ4n) is 6.33. The van der Waals surface area contributed by atoms with Crippen molar-refractivity contribution in [2.45, 2.75) is 219 Å². The molecule has 0 aromatic carbocycles. The van der Waals surface area contributed by atoms with Crippen LogP contribution in [0.5, 0.6) is 0 Å². The van der Waals surface area contributed by atoms with Crippen molar-refractivity contribution in [3.63, 3.8) is 0 Å². The van der Waals surface area contributed by atoms with Crippen molar-refractivity contribution >= 4 is 17.9 Å². The van der Waals surface area contributed by atoms with Gasteiger partial charge in [-0.1, -0.05) is 189 Å². The van der Waals surface area contributed by atoms with Crippen molar-refractivity contribution < 1.29 is 28.6 Å². The number of hydrogen-bond donors (Lipinski definition) is 0. The lowest BCUT2D eigenvalue weighted by Crippen LogP contribution is -2.30. The zero-order chi connectivity index (χ0) is 43.0. The van der Waals surface area contributed by atoms with Crippen LogP contribution in [0.4, 0.5) is 0 Å². The van der Waals surface area contributed by atoms with Crippen LogP contribution in [-0.4, -0.2) is 37.2 Å². The third-order valence-electron chi connectivity index (χ3n) is 9.90. The largest absolute Gasteiger partial charge is 0.462 e. The molecule has 0 fully saturated rings. The van der Waals surface area contributed by atoms with Crippen LogP contribution in [0.1, 0.15) is 213 Å². The summed E-state index contributed by atoms with van der Waals surface area (Å²) in [6.07, 6.45) is 60.4. The molecule has 0 saturated heterocycles. The molecule has 6 nitrogen and oxygen atoms in total. The summed E-state index contributed by atoms with van der Waals surface area (Å²) in [5.74, 6) is -0.944. The molecule has 6 heteroatoms. The van der Waals surface area contributed by atoms with E-state index >= 15 is 0 Å². The highest BCUT2D eigenvalue weighted by Crippen LogP contribution is 2.14. The smallest absolute Gasteiger partial charge is 0.306 e. The third-order valence-corrected chi connectivity index (χ3v) is 9.90. The van der Waals surface area contributed by atoms with E-state index in [-0.39, 0.29) is 31.1 Å². The summed E-state index contributed by atoms with van der Waals surface area (Å²) in [7, 11) is 0. The van der Waals surface area contributed by atoms with Crippen LogP contribution in [0.15, 0.2) is 85.1 Å². The maximum absolute atomic E-state index is 12.7. The standard InChI is InChI=1S/C53H88O6/c1-4-7-10-13-15-17-19-21-22-23-24-25-26-27-28-29-30-32-33-35-37-40-43-46-52(55)58-49-50(48-57-51(54)45-42-39-12-9-6-3)59-53(56)47-44-41-38-36-34-31-20-18-16-14-11-8-5-2/h7-8,10-11,15-18,21-22,24-25,31,34,50H,4-6,9,12-14,19-20,23,26-30,32-33,35-49H2,1-3H3/b10-7-,11-8-,17-15-,18-16-,22-21-,25-24-,34-31-. The van der Waals surface area contributed by atoms with Gasteiger partial charge in [0.2, 0.25) is 0 Å². The van der Waals surface area contributed by atoms with Gasteiger partial charge in [0.15, 0.2) is 6.10 Å². The van der Waals surface area contributed by atoms with Gasteiger partial charge in [-0.25, -0.2) is 0 Å². The number of esters is 3. The van der Waals surface area contributed by atoms with E-state index in [9.17, 15) is 14.4 Å². The summed E-state index contributed by atoms with van der Waals surface area (Å²) in [4.78, 5) is 37.5. The summed E-state index contributed by atoms with van der Waals surface area (Å²) < 4.78 is 16.6. The topological polar surface area (TPSA) is 78.9 Å². The molecule has 0 aromatic rings. The van der Waals surface area contributed by atoms with E-state index in [1.165, 1.54) is 57.8 Å². The van der Waals surface area contributed by atoms with Gasteiger partial charge in [-0.2, -0.15) is 0 Å². The molecule has 0 N–H and O–H groups in total. The predicted octanol–water partition coefficient (Wildman–Crippen LogP) is 15.6. The van der Waals surface area contributed by atoms with Gasteiger partial charge in [0.1, 0.15) is 13.2 Å². The van der Waals surface area contributed by atoms with Gasteiger partial charge in [-0.3, -0.25) is 14.4 Å². The highest BCUT2D eigenvalue weighted by molar-refractivity contribution is 5.71. The van der Waals surface area contributed by atoms with Gasteiger partial charge in [0.25, 0.3) is 0 Å². The summed E-state index contributed by atoms with van der Waals surface area (Å²) in [6.45, 7) is 6.28. The molecule has 0 bridgehead atoms. The Kier molecular flexibility index (Phi) is 44.5. The Balaban J connectivity index is 4.17. The average Bonchev–Trinajstić information content (AvgIpc) is 3.23. The maximum atomic E-state index is 12.7. The van der Waals surface area contributed by atoms with Crippen molar-refractivity contribution in [2.24, 2.45) is 0 Å². The second-order valence-electron chi connectivity index (χ2n) is 15.6. The van der Waals surface area contributed by atoms with E-state index in [2.05, 4.69) is 106 Å². The first-order chi connectivity index (χ1) is 29.0. The minimum Gasteiger partial charge on any atom is -0.462 e.